The Balaban J connectivity index is 1.59. The van der Waals surface area contributed by atoms with Crippen LogP contribution in [0, 0.1) is 0 Å². The number of nitrogens with one attached hydrogen (secondary N) is 2. The maximum absolute atomic E-state index is 3.55. The van der Waals surface area contributed by atoms with Gasteiger partial charge in [0.25, 0.3) is 0 Å². The summed E-state index contributed by atoms with van der Waals surface area (Å²) in [5.41, 5.74) is 3.10. The third kappa shape index (κ3) is 2.83. The summed E-state index contributed by atoms with van der Waals surface area (Å²) in [6.45, 7) is 6.63. The predicted molar refractivity (Wildman–Crippen MR) is 68.9 cm³/mol. The van der Waals surface area contributed by atoms with Crippen molar-refractivity contribution in [1.82, 2.24) is 10.6 Å². The third-order valence-corrected chi connectivity index (χ3v) is 3.31. The molecule has 1 aromatic carbocycles. The van der Waals surface area contributed by atoms with Crippen molar-refractivity contribution in [2.24, 2.45) is 0 Å². The molecule has 0 amide bonds. The minimum atomic E-state index is 0.760. The summed E-state index contributed by atoms with van der Waals surface area (Å²) < 4.78 is 0. The van der Waals surface area contributed by atoms with E-state index >= 15 is 0 Å². The minimum absolute atomic E-state index is 0.760. The molecule has 2 rings (SSSR count). The molecule has 0 aliphatic heterocycles. The quantitative estimate of drug-likeness (QED) is 0.683. The third-order valence-electron chi connectivity index (χ3n) is 3.31. The van der Waals surface area contributed by atoms with Crippen molar-refractivity contribution in [2.45, 2.75) is 25.7 Å². The fraction of sp³-hybridized carbons (Fsp3) is 0.571. The van der Waals surface area contributed by atoms with Crippen molar-refractivity contribution in [3.63, 3.8) is 0 Å². The van der Waals surface area contributed by atoms with Gasteiger partial charge in [-0.1, -0.05) is 31.2 Å². The largest absolute Gasteiger partial charge is 0.317 e. The second kappa shape index (κ2) is 6.02. The van der Waals surface area contributed by atoms with Gasteiger partial charge in [0, 0.05) is 12.5 Å². The molecule has 0 saturated heterocycles. The van der Waals surface area contributed by atoms with Gasteiger partial charge < -0.3 is 10.6 Å². The Bertz CT molecular complexity index is 322. The van der Waals surface area contributed by atoms with Crippen molar-refractivity contribution in [1.29, 1.82) is 0 Å². The maximum atomic E-state index is 3.55. The lowest BCUT2D eigenvalue weighted by Gasteiger charge is -2.30. The van der Waals surface area contributed by atoms with Crippen LogP contribution in [0.4, 0.5) is 0 Å². The van der Waals surface area contributed by atoms with E-state index in [2.05, 4.69) is 41.8 Å². The highest BCUT2D eigenvalue weighted by Gasteiger charge is 2.24. The van der Waals surface area contributed by atoms with Crippen LogP contribution < -0.4 is 10.6 Å². The molecule has 1 atom stereocenters. The molecular formula is C14H22N2. The molecule has 1 aromatic rings. The van der Waals surface area contributed by atoms with Gasteiger partial charge in [-0.05, 0) is 43.6 Å². The molecule has 0 heterocycles. The molecule has 88 valence electrons. The van der Waals surface area contributed by atoms with Crippen molar-refractivity contribution < 1.29 is 0 Å². The van der Waals surface area contributed by atoms with E-state index in [1.165, 1.54) is 12.8 Å². The van der Waals surface area contributed by atoms with Crippen LogP contribution in [-0.4, -0.2) is 26.2 Å². The van der Waals surface area contributed by atoms with Crippen molar-refractivity contribution in [3.05, 3.63) is 35.4 Å². The molecule has 2 nitrogen and oxygen atoms in total. The topological polar surface area (TPSA) is 24.1 Å². The lowest BCUT2D eigenvalue weighted by Crippen LogP contribution is -2.30. The van der Waals surface area contributed by atoms with Gasteiger partial charge in [-0.15, -0.1) is 0 Å². The first kappa shape index (κ1) is 11.6. The molecule has 2 N–H and O–H groups in total. The van der Waals surface area contributed by atoms with Crippen LogP contribution in [0.5, 0.6) is 0 Å². The second-order valence-corrected chi connectivity index (χ2v) is 4.51. The highest BCUT2D eigenvalue weighted by molar-refractivity contribution is 5.40. The van der Waals surface area contributed by atoms with Crippen LogP contribution in [0.2, 0.25) is 0 Å². The zero-order chi connectivity index (χ0) is 11.2. The average molecular weight is 218 g/mol. The van der Waals surface area contributed by atoms with Crippen molar-refractivity contribution in [2.75, 3.05) is 26.2 Å². The van der Waals surface area contributed by atoms with Crippen LogP contribution in [0.3, 0.4) is 0 Å². The van der Waals surface area contributed by atoms with Crippen LogP contribution in [0.1, 0.15) is 30.4 Å². The molecule has 0 fully saturated rings. The predicted octanol–water partition coefficient (Wildman–Crippen LogP) is 1.92. The SMILES string of the molecule is CCNCCCNCC1Cc2ccccc21. The Hall–Kier alpha value is -0.860. The molecule has 0 saturated carbocycles. The number of hydrogen-bond donors (Lipinski definition) is 2. The first-order valence-electron chi connectivity index (χ1n) is 6.41. The number of benzene rings is 1. The average Bonchev–Trinajstić information content (AvgIpc) is 2.28. The highest BCUT2D eigenvalue weighted by Crippen LogP contribution is 2.33. The van der Waals surface area contributed by atoms with Crippen LogP contribution in [0.25, 0.3) is 0 Å². The van der Waals surface area contributed by atoms with Crippen LogP contribution in [-0.2, 0) is 6.42 Å². The molecule has 2 heteroatoms. The maximum Gasteiger partial charge on any atom is 0.00234 e. The summed E-state index contributed by atoms with van der Waals surface area (Å²) in [4.78, 5) is 0. The molecule has 16 heavy (non-hydrogen) atoms. The first-order valence-corrected chi connectivity index (χ1v) is 6.41. The summed E-state index contributed by atoms with van der Waals surface area (Å²) in [6.07, 6.45) is 2.48. The van der Waals surface area contributed by atoms with E-state index in [1.54, 1.807) is 11.1 Å². The summed E-state index contributed by atoms with van der Waals surface area (Å²) in [7, 11) is 0. The van der Waals surface area contributed by atoms with E-state index in [1.807, 2.05) is 0 Å². The van der Waals surface area contributed by atoms with Crippen molar-refractivity contribution >= 4 is 0 Å². The Morgan fingerprint density at radius 2 is 2.00 bits per heavy atom. The standard InChI is InChI=1S/C14H22N2/c1-2-15-8-5-9-16-11-13-10-12-6-3-4-7-14(12)13/h3-4,6-7,13,15-16H,2,5,8-11H2,1H3. The molecule has 0 spiro atoms. The van der Waals surface area contributed by atoms with E-state index in [9.17, 15) is 0 Å². The fourth-order valence-corrected chi connectivity index (χ4v) is 2.34. The Morgan fingerprint density at radius 3 is 2.81 bits per heavy atom. The lowest BCUT2D eigenvalue weighted by molar-refractivity contribution is 0.522. The Kier molecular flexibility index (Phi) is 4.37. The van der Waals surface area contributed by atoms with Gasteiger partial charge >= 0.3 is 0 Å². The lowest BCUT2D eigenvalue weighted by atomic mass is 9.77. The van der Waals surface area contributed by atoms with E-state index in [0.29, 0.717) is 0 Å². The second-order valence-electron chi connectivity index (χ2n) is 4.51. The van der Waals surface area contributed by atoms with Gasteiger partial charge in [-0.25, -0.2) is 0 Å². The zero-order valence-electron chi connectivity index (χ0n) is 10.1. The van der Waals surface area contributed by atoms with Gasteiger partial charge in [-0.2, -0.15) is 0 Å². The molecule has 0 bridgehead atoms. The van der Waals surface area contributed by atoms with E-state index in [-0.39, 0.29) is 0 Å². The van der Waals surface area contributed by atoms with Gasteiger partial charge in [0.15, 0.2) is 0 Å². The van der Waals surface area contributed by atoms with Gasteiger partial charge in [0.05, 0.1) is 0 Å². The fourth-order valence-electron chi connectivity index (χ4n) is 2.34. The van der Waals surface area contributed by atoms with Crippen LogP contribution in [0.15, 0.2) is 24.3 Å². The minimum Gasteiger partial charge on any atom is -0.317 e. The summed E-state index contributed by atoms with van der Waals surface area (Å²) in [5, 5.41) is 6.89. The monoisotopic (exact) mass is 218 g/mol. The number of fused-ring (bicyclic) bond motifs is 1. The molecule has 1 aliphatic rings. The first-order chi connectivity index (χ1) is 7.92. The van der Waals surface area contributed by atoms with Crippen molar-refractivity contribution in [3.8, 4) is 0 Å². The van der Waals surface area contributed by atoms with Crippen LogP contribution >= 0.6 is 0 Å². The number of rotatable bonds is 7. The zero-order valence-corrected chi connectivity index (χ0v) is 10.1. The summed E-state index contributed by atoms with van der Waals surface area (Å²) in [5.74, 6) is 0.760. The molecule has 0 radical (unpaired) electrons. The van der Waals surface area contributed by atoms with E-state index in [4.69, 9.17) is 0 Å². The van der Waals surface area contributed by atoms with E-state index in [0.717, 1.165) is 32.1 Å². The summed E-state index contributed by atoms with van der Waals surface area (Å²) >= 11 is 0. The van der Waals surface area contributed by atoms with Gasteiger partial charge in [0.1, 0.15) is 0 Å². The molecule has 1 unspecified atom stereocenters. The molecule has 0 aromatic heterocycles. The van der Waals surface area contributed by atoms with Gasteiger partial charge in [-0.3, -0.25) is 0 Å². The number of hydrogen-bond acceptors (Lipinski definition) is 2. The summed E-state index contributed by atoms with van der Waals surface area (Å²) in [6, 6.07) is 8.80. The highest BCUT2D eigenvalue weighted by atomic mass is 14.9. The molecule has 1 aliphatic carbocycles. The van der Waals surface area contributed by atoms with Gasteiger partial charge in [0.2, 0.25) is 0 Å². The normalized spacial score (nSPS) is 17.9. The van der Waals surface area contributed by atoms with E-state index < -0.39 is 0 Å². The molecular weight excluding hydrogens is 196 g/mol. The smallest absolute Gasteiger partial charge is 0.00234 e. The Labute approximate surface area is 98.4 Å². The Morgan fingerprint density at radius 1 is 1.19 bits per heavy atom.